The number of rotatable bonds is 12. The molecular weight excluding hydrogens is 727 g/mol. The number of hydrogen-bond acceptors (Lipinski definition) is 11. The van der Waals surface area contributed by atoms with Crippen LogP contribution in [0.2, 0.25) is 0 Å². The average molecular weight is 770 g/mol. The molecule has 0 aliphatic heterocycles. The quantitative estimate of drug-likeness (QED) is 0.0354. The van der Waals surface area contributed by atoms with Gasteiger partial charge >= 0.3 is 6.09 Å². The van der Waals surface area contributed by atoms with E-state index in [0.29, 0.717) is 42.4 Å². The van der Waals surface area contributed by atoms with Crippen LogP contribution in [0.1, 0.15) is 58.1 Å². The van der Waals surface area contributed by atoms with Gasteiger partial charge in [0.15, 0.2) is 5.75 Å². The number of aryl methyl sites for hydroxylation is 2. The molecule has 0 unspecified atom stereocenters. The number of nitrogens with one attached hydrogen (secondary N) is 2. The zero-order chi connectivity index (χ0) is 39.5. The highest BCUT2D eigenvalue weighted by Gasteiger charge is 2.27. The molecule has 0 bridgehead atoms. The first-order chi connectivity index (χ1) is 24.6. The average Bonchev–Trinajstić information content (AvgIpc) is 3.03. The molecule has 7 N–H and O–H groups in total. The maximum absolute atomic E-state index is 12.9. The molecule has 15 nitrogen and oxygen atoms in total. The van der Waals surface area contributed by atoms with E-state index in [1.54, 1.807) is 33.8 Å². The molecule has 284 valence electrons. The van der Waals surface area contributed by atoms with Crippen LogP contribution in [0, 0.1) is 19.8 Å². The van der Waals surface area contributed by atoms with E-state index in [0.717, 1.165) is 29.2 Å². The number of carbonyl (C=O) groups excluding carboxylic acids is 2. The summed E-state index contributed by atoms with van der Waals surface area (Å²) in [6, 6.07) is 13.9. The monoisotopic (exact) mass is 769 g/mol. The van der Waals surface area contributed by atoms with Crippen LogP contribution in [0.5, 0.6) is 5.75 Å². The number of unbranched alkanes of at least 4 members (excludes halogenated alkanes) is 1. The fourth-order valence-corrected chi connectivity index (χ4v) is 6.91. The van der Waals surface area contributed by atoms with Crippen LogP contribution in [0.15, 0.2) is 74.6 Å². The Kier molecular flexibility index (Phi) is 12.2. The van der Waals surface area contributed by atoms with Crippen molar-refractivity contribution in [2.24, 2.45) is 16.1 Å². The van der Waals surface area contributed by atoms with E-state index >= 15 is 0 Å². The summed E-state index contributed by atoms with van der Waals surface area (Å²) in [7, 11) is -10.0. The summed E-state index contributed by atoms with van der Waals surface area (Å²) in [6.07, 6.45) is 1.66. The molecule has 17 heteroatoms. The van der Waals surface area contributed by atoms with Crippen molar-refractivity contribution in [2.45, 2.75) is 76.2 Å². The lowest BCUT2D eigenvalue weighted by Gasteiger charge is -2.19. The van der Waals surface area contributed by atoms with Gasteiger partial charge in [-0.2, -0.15) is 21.9 Å². The van der Waals surface area contributed by atoms with Gasteiger partial charge in [0.05, 0.1) is 16.8 Å². The van der Waals surface area contributed by atoms with Gasteiger partial charge in [0.2, 0.25) is 5.91 Å². The van der Waals surface area contributed by atoms with Crippen molar-refractivity contribution in [3.05, 3.63) is 65.7 Å². The molecule has 0 heterocycles. The van der Waals surface area contributed by atoms with E-state index in [4.69, 9.17) is 10.5 Å². The third-order valence-electron chi connectivity index (χ3n) is 8.23. The summed E-state index contributed by atoms with van der Waals surface area (Å²) in [5.74, 6) is -1.07. The Morgan fingerprint density at radius 3 is 2.02 bits per heavy atom. The fraction of sp³-hybridized carbons (Fsp3) is 0.333. The Balaban J connectivity index is 1.45. The maximum Gasteiger partial charge on any atom is 0.407 e. The second kappa shape index (κ2) is 15.9. The third-order valence-corrected chi connectivity index (χ3v) is 10.0. The van der Waals surface area contributed by atoms with Crippen molar-refractivity contribution < 1.29 is 45.4 Å². The predicted octanol–water partition coefficient (Wildman–Crippen LogP) is 7.59. The minimum Gasteiger partial charge on any atom is -0.505 e. The van der Waals surface area contributed by atoms with E-state index in [1.165, 1.54) is 6.07 Å². The topological polar surface area (TPSA) is 247 Å². The molecule has 0 fully saturated rings. The van der Waals surface area contributed by atoms with Gasteiger partial charge in [0.1, 0.15) is 21.1 Å². The zero-order valence-corrected chi connectivity index (χ0v) is 31.7. The smallest absolute Gasteiger partial charge is 0.407 e. The largest absolute Gasteiger partial charge is 0.505 e. The number of phenolic OH excluding ortho intramolecular Hbond substituents is 1. The molecule has 0 aliphatic rings. The van der Waals surface area contributed by atoms with E-state index in [9.17, 15) is 40.6 Å². The number of azo groups is 1. The minimum atomic E-state index is -5.05. The van der Waals surface area contributed by atoms with Gasteiger partial charge in [-0.15, -0.1) is 5.11 Å². The number of nitrogens with two attached hydrogens (primary N) is 1. The number of aromatic hydroxyl groups is 1. The molecule has 53 heavy (non-hydrogen) atoms. The van der Waals surface area contributed by atoms with Crippen molar-refractivity contribution in [3.63, 3.8) is 0 Å². The molecule has 1 atom stereocenters. The molecule has 4 aromatic rings. The molecule has 2 amide bonds. The van der Waals surface area contributed by atoms with Gasteiger partial charge < -0.3 is 26.2 Å². The minimum absolute atomic E-state index is 0.107. The van der Waals surface area contributed by atoms with Crippen LogP contribution in [-0.4, -0.2) is 55.2 Å². The Bertz CT molecular complexity index is 2320. The highest BCUT2D eigenvalue weighted by atomic mass is 32.2. The zero-order valence-electron chi connectivity index (χ0n) is 30.1. The van der Waals surface area contributed by atoms with Crippen molar-refractivity contribution in [1.29, 1.82) is 0 Å². The molecular formula is C36H43N5O10S2. The van der Waals surface area contributed by atoms with Crippen LogP contribution in [0.4, 0.5) is 27.5 Å². The van der Waals surface area contributed by atoms with Gasteiger partial charge in [-0.05, 0) is 106 Å². The molecule has 0 spiro atoms. The van der Waals surface area contributed by atoms with Crippen LogP contribution < -0.4 is 16.4 Å². The lowest BCUT2D eigenvalue weighted by molar-refractivity contribution is -0.119. The standard InChI is InChI=1S/C36H43N5O10S2/c1-20(9-7-8-16-38-35(44)51-36(4,5)6)34(43)39-26-13-10-23(17-21(26)2)24-11-14-27(22(3)18-24)40-41-28-15-12-25-29(52(45,46)47)19-30(53(48,49)50)32(37)31(25)33(28)42/h10-15,17-20,42H,7-9,16,37H2,1-6H3,(H,38,44)(H,39,43)(H,45,46,47)(H,48,49,50)/b41-40+/t20-/m1/s1. The first-order valence-corrected chi connectivity index (χ1v) is 19.4. The van der Waals surface area contributed by atoms with Crippen molar-refractivity contribution in [2.75, 3.05) is 17.6 Å². The summed E-state index contributed by atoms with van der Waals surface area (Å²) in [4.78, 5) is 22.8. The molecule has 0 aliphatic carbocycles. The van der Waals surface area contributed by atoms with E-state index in [1.807, 2.05) is 44.2 Å². The SMILES string of the molecule is Cc1cc(-c2ccc(NC(=O)[C@H](C)CCCCNC(=O)OC(C)(C)C)c(C)c2)ccc1/N=N/c1ccc2c(S(=O)(=O)O)cc(S(=O)(=O)O)c(N)c2c1O. The Labute approximate surface area is 308 Å². The number of fused-ring (bicyclic) bond motifs is 1. The first kappa shape index (κ1) is 40.7. The highest BCUT2D eigenvalue weighted by molar-refractivity contribution is 7.87. The summed E-state index contributed by atoms with van der Waals surface area (Å²) < 4.78 is 72.2. The van der Waals surface area contributed by atoms with Gasteiger partial charge in [0.25, 0.3) is 20.2 Å². The number of amides is 2. The molecule has 0 radical (unpaired) electrons. The fourth-order valence-electron chi connectivity index (χ4n) is 5.47. The Morgan fingerprint density at radius 1 is 0.849 bits per heavy atom. The van der Waals surface area contributed by atoms with Crippen molar-refractivity contribution in [3.8, 4) is 16.9 Å². The summed E-state index contributed by atoms with van der Waals surface area (Å²) in [6.45, 7) is 11.4. The molecule has 0 saturated heterocycles. The lowest BCUT2D eigenvalue weighted by Crippen LogP contribution is -2.33. The number of hydrogen-bond donors (Lipinski definition) is 6. The Morgan fingerprint density at radius 2 is 1.43 bits per heavy atom. The number of ether oxygens (including phenoxy) is 1. The van der Waals surface area contributed by atoms with E-state index in [2.05, 4.69) is 20.9 Å². The third kappa shape index (κ3) is 10.3. The summed E-state index contributed by atoms with van der Waals surface area (Å²) >= 11 is 0. The number of phenols is 1. The van der Waals surface area contributed by atoms with Crippen molar-refractivity contribution in [1.82, 2.24) is 5.32 Å². The second-order valence-electron chi connectivity index (χ2n) is 13.6. The lowest BCUT2D eigenvalue weighted by atomic mass is 9.99. The second-order valence-corrected chi connectivity index (χ2v) is 16.4. The van der Waals surface area contributed by atoms with Crippen LogP contribution >= 0.6 is 0 Å². The van der Waals surface area contributed by atoms with E-state index in [-0.39, 0.29) is 22.9 Å². The normalized spacial score (nSPS) is 12.9. The van der Waals surface area contributed by atoms with Crippen LogP contribution in [-0.2, 0) is 29.8 Å². The number of anilines is 2. The number of nitrogens with zero attached hydrogens (tertiary/aromatic N) is 2. The van der Waals surface area contributed by atoms with Gasteiger partial charge in [0, 0.05) is 23.5 Å². The number of alkyl carbamates (subject to hydrolysis) is 1. The first-order valence-electron chi connectivity index (χ1n) is 16.5. The molecule has 0 aromatic heterocycles. The highest BCUT2D eigenvalue weighted by Crippen LogP contribution is 2.44. The van der Waals surface area contributed by atoms with E-state index < -0.39 is 58.5 Å². The molecule has 4 rings (SSSR count). The van der Waals surface area contributed by atoms with Crippen LogP contribution in [0.3, 0.4) is 0 Å². The van der Waals surface area contributed by atoms with Gasteiger partial charge in [-0.25, -0.2) is 4.79 Å². The molecule has 4 aromatic carbocycles. The molecule has 0 saturated carbocycles. The summed E-state index contributed by atoms with van der Waals surface area (Å²) in [5, 5.41) is 24.2. The van der Waals surface area contributed by atoms with Gasteiger partial charge in [-0.1, -0.05) is 31.5 Å². The number of carbonyl (C=O) groups is 2. The maximum atomic E-state index is 12.9. The number of benzene rings is 4. The predicted molar refractivity (Wildman–Crippen MR) is 201 cm³/mol. The Hall–Kier alpha value is -5.10. The van der Waals surface area contributed by atoms with Crippen LogP contribution in [0.25, 0.3) is 21.9 Å². The summed E-state index contributed by atoms with van der Waals surface area (Å²) in [5.41, 5.74) is 8.90. The van der Waals surface area contributed by atoms with Crippen molar-refractivity contribution >= 4 is 65.8 Å². The number of nitrogen functional groups attached to an aromatic ring is 1. The van der Waals surface area contributed by atoms with Gasteiger partial charge in [-0.3, -0.25) is 13.9 Å².